The summed E-state index contributed by atoms with van der Waals surface area (Å²) in [6, 6.07) is 9.41. The minimum Gasteiger partial charge on any atom is -0.493 e. The van der Waals surface area contributed by atoms with E-state index in [1.807, 2.05) is 58.9 Å². The van der Waals surface area contributed by atoms with Gasteiger partial charge in [0, 0.05) is 22.4 Å². The average molecular weight is 331 g/mol. The van der Waals surface area contributed by atoms with Gasteiger partial charge in [0.05, 0.1) is 13.2 Å². The second-order valence-corrected chi connectivity index (χ2v) is 6.38. The first-order valence-electron chi connectivity index (χ1n) is 8.17. The Bertz CT molecular complexity index is 719. The summed E-state index contributed by atoms with van der Waals surface area (Å²) < 4.78 is 17.0. The van der Waals surface area contributed by atoms with Gasteiger partial charge in [-0.1, -0.05) is 24.3 Å². The van der Waals surface area contributed by atoms with Crippen LogP contribution in [0.15, 0.2) is 30.3 Å². The summed E-state index contributed by atoms with van der Waals surface area (Å²) >= 11 is 0. The molecule has 0 saturated heterocycles. The Balaban J connectivity index is 2.52. The number of hydrogen-bond acceptors (Lipinski definition) is 4. The summed E-state index contributed by atoms with van der Waals surface area (Å²) in [7, 11) is 0. The first kappa shape index (κ1) is 17.9. The summed E-state index contributed by atoms with van der Waals surface area (Å²) in [4.78, 5) is 12.2. The molecular formula is C19H25NO4. The molecular weight excluding hydrogens is 306 g/mol. The van der Waals surface area contributed by atoms with Gasteiger partial charge in [0.25, 0.3) is 0 Å². The zero-order chi connectivity index (χ0) is 17.7. The highest BCUT2D eigenvalue weighted by Gasteiger charge is 2.21. The normalized spacial score (nSPS) is 11.2. The zero-order valence-corrected chi connectivity index (χ0v) is 14.9. The molecule has 24 heavy (non-hydrogen) atoms. The van der Waals surface area contributed by atoms with Crippen LogP contribution in [0.1, 0.15) is 34.6 Å². The van der Waals surface area contributed by atoms with E-state index in [2.05, 4.69) is 5.32 Å². The van der Waals surface area contributed by atoms with Crippen molar-refractivity contribution in [2.45, 2.75) is 40.2 Å². The van der Waals surface area contributed by atoms with Crippen molar-refractivity contribution in [1.82, 2.24) is 5.32 Å². The molecule has 0 aliphatic rings. The van der Waals surface area contributed by atoms with Gasteiger partial charge in [-0.3, -0.25) is 0 Å². The van der Waals surface area contributed by atoms with E-state index in [-0.39, 0.29) is 5.54 Å². The smallest absolute Gasteiger partial charge is 0.413 e. The average Bonchev–Trinajstić information content (AvgIpc) is 2.49. The lowest BCUT2D eigenvalue weighted by molar-refractivity contribution is 0.188. The van der Waals surface area contributed by atoms with Crippen LogP contribution in [0.5, 0.6) is 17.2 Å². The summed E-state index contributed by atoms with van der Waals surface area (Å²) in [5.74, 6) is 1.60. The second kappa shape index (κ2) is 7.43. The largest absolute Gasteiger partial charge is 0.493 e. The van der Waals surface area contributed by atoms with Gasteiger partial charge in [0.2, 0.25) is 0 Å². The van der Waals surface area contributed by atoms with E-state index in [0.29, 0.717) is 30.5 Å². The molecule has 5 nitrogen and oxygen atoms in total. The lowest BCUT2D eigenvalue weighted by Crippen LogP contribution is -2.42. The van der Waals surface area contributed by atoms with Crippen LogP contribution in [0, 0.1) is 0 Å². The Kier molecular flexibility index (Phi) is 5.54. The van der Waals surface area contributed by atoms with E-state index in [1.165, 1.54) is 0 Å². The summed E-state index contributed by atoms with van der Waals surface area (Å²) in [5.41, 5.74) is -0.385. The lowest BCUT2D eigenvalue weighted by Gasteiger charge is -2.21. The highest BCUT2D eigenvalue weighted by atomic mass is 16.6. The zero-order valence-electron chi connectivity index (χ0n) is 14.9. The third-order valence-corrected chi connectivity index (χ3v) is 3.19. The number of amides is 1. The number of nitrogens with one attached hydrogen (secondary N) is 1. The molecule has 0 aromatic heterocycles. The highest BCUT2D eigenvalue weighted by Crippen LogP contribution is 2.41. The van der Waals surface area contributed by atoms with Gasteiger partial charge in [-0.2, -0.15) is 0 Å². The fourth-order valence-electron chi connectivity index (χ4n) is 2.36. The Labute approximate surface area is 142 Å². The molecule has 2 aromatic carbocycles. The monoisotopic (exact) mass is 331 g/mol. The van der Waals surface area contributed by atoms with Crippen molar-refractivity contribution in [3.63, 3.8) is 0 Å². The quantitative estimate of drug-likeness (QED) is 0.875. The molecule has 1 N–H and O–H groups in total. The van der Waals surface area contributed by atoms with E-state index in [9.17, 15) is 4.79 Å². The van der Waals surface area contributed by atoms with E-state index >= 15 is 0 Å². The Morgan fingerprint density at radius 1 is 1.00 bits per heavy atom. The van der Waals surface area contributed by atoms with Crippen molar-refractivity contribution in [2.24, 2.45) is 0 Å². The molecule has 0 heterocycles. The fourth-order valence-corrected chi connectivity index (χ4v) is 2.36. The summed E-state index contributed by atoms with van der Waals surface area (Å²) in [6.07, 6.45) is -0.516. The summed E-state index contributed by atoms with van der Waals surface area (Å²) in [6.45, 7) is 10.5. The van der Waals surface area contributed by atoms with Crippen LogP contribution in [-0.4, -0.2) is 24.8 Å². The predicted octanol–water partition coefficient (Wildman–Crippen LogP) is 4.52. The number of fused-ring (bicyclic) bond motifs is 1. The molecule has 0 bridgehead atoms. The van der Waals surface area contributed by atoms with Gasteiger partial charge in [-0.25, -0.2) is 4.79 Å². The van der Waals surface area contributed by atoms with Gasteiger partial charge in [-0.05, 0) is 34.6 Å². The van der Waals surface area contributed by atoms with E-state index in [1.54, 1.807) is 6.07 Å². The highest BCUT2D eigenvalue weighted by molar-refractivity contribution is 5.97. The molecule has 0 spiro atoms. The Morgan fingerprint density at radius 3 is 2.17 bits per heavy atom. The third-order valence-electron chi connectivity index (χ3n) is 3.19. The molecule has 5 heteroatoms. The van der Waals surface area contributed by atoms with Crippen LogP contribution in [-0.2, 0) is 0 Å². The number of rotatable bonds is 5. The molecule has 2 rings (SSSR count). The number of benzene rings is 2. The molecule has 0 aliphatic carbocycles. The van der Waals surface area contributed by atoms with Gasteiger partial charge >= 0.3 is 6.09 Å². The number of carbonyl (C=O) groups excluding carboxylic acids is 1. The third kappa shape index (κ3) is 4.31. The fraction of sp³-hybridized carbons (Fsp3) is 0.421. The van der Waals surface area contributed by atoms with E-state index in [4.69, 9.17) is 14.2 Å². The maximum absolute atomic E-state index is 12.2. The van der Waals surface area contributed by atoms with Crippen LogP contribution >= 0.6 is 0 Å². The number of hydrogen-bond donors (Lipinski definition) is 1. The van der Waals surface area contributed by atoms with E-state index < -0.39 is 6.09 Å². The first-order chi connectivity index (χ1) is 11.4. The van der Waals surface area contributed by atoms with Gasteiger partial charge in [0.1, 0.15) is 5.75 Å². The van der Waals surface area contributed by atoms with E-state index in [0.717, 1.165) is 10.8 Å². The van der Waals surface area contributed by atoms with Crippen LogP contribution in [0.25, 0.3) is 10.8 Å². The van der Waals surface area contributed by atoms with Gasteiger partial charge in [0.15, 0.2) is 11.5 Å². The topological polar surface area (TPSA) is 56.8 Å². The second-order valence-electron chi connectivity index (χ2n) is 6.38. The molecule has 0 atom stereocenters. The maximum atomic E-state index is 12.2. The SMILES string of the molecule is CCOc1cc(OCC)c2ccccc2c1OC(=O)NC(C)(C)C. The first-order valence-corrected chi connectivity index (χ1v) is 8.17. The molecule has 0 saturated carbocycles. The van der Waals surface area contributed by atoms with Crippen molar-refractivity contribution in [2.75, 3.05) is 13.2 Å². The van der Waals surface area contributed by atoms with Gasteiger partial charge < -0.3 is 19.5 Å². The molecule has 0 radical (unpaired) electrons. The van der Waals surface area contributed by atoms with Crippen molar-refractivity contribution in [1.29, 1.82) is 0 Å². The Morgan fingerprint density at radius 2 is 1.58 bits per heavy atom. The van der Waals surface area contributed by atoms with Crippen LogP contribution in [0.2, 0.25) is 0 Å². The maximum Gasteiger partial charge on any atom is 0.413 e. The van der Waals surface area contributed by atoms with Crippen molar-refractivity contribution in [3.05, 3.63) is 30.3 Å². The summed E-state index contributed by atoms with van der Waals surface area (Å²) in [5, 5.41) is 4.44. The van der Waals surface area contributed by atoms with Crippen LogP contribution < -0.4 is 19.5 Å². The van der Waals surface area contributed by atoms with Crippen LogP contribution in [0.4, 0.5) is 4.79 Å². The molecule has 2 aromatic rings. The van der Waals surface area contributed by atoms with Gasteiger partial charge in [-0.15, -0.1) is 0 Å². The number of carbonyl (C=O) groups is 1. The molecule has 0 aliphatic heterocycles. The molecule has 130 valence electrons. The Hall–Kier alpha value is -2.43. The van der Waals surface area contributed by atoms with Crippen molar-refractivity contribution in [3.8, 4) is 17.2 Å². The molecule has 1 amide bonds. The number of ether oxygens (including phenoxy) is 3. The van der Waals surface area contributed by atoms with Crippen LogP contribution in [0.3, 0.4) is 0 Å². The molecule has 0 fully saturated rings. The van der Waals surface area contributed by atoms with Crippen molar-refractivity contribution < 1.29 is 19.0 Å². The minimum atomic E-state index is -0.516. The lowest BCUT2D eigenvalue weighted by atomic mass is 10.1. The van der Waals surface area contributed by atoms with Crippen molar-refractivity contribution >= 4 is 16.9 Å². The molecule has 0 unspecified atom stereocenters. The predicted molar refractivity (Wildman–Crippen MR) is 95.2 cm³/mol. The minimum absolute atomic E-state index is 0.385. The standard InChI is InChI=1S/C19H25NO4/c1-6-22-15-12-16(23-7-2)17(14-11-9-8-10-13(14)15)24-18(21)20-19(3,4)5/h8-12H,6-7H2,1-5H3,(H,20,21).